The van der Waals surface area contributed by atoms with Crippen molar-refractivity contribution in [3.05, 3.63) is 59.7 Å². The molecule has 3 aliphatic heterocycles. The molecule has 11 heteroatoms. The van der Waals surface area contributed by atoms with Crippen LogP contribution in [0, 0.1) is 11.6 Å². The number of halogens is 2. The summed E-state index contributed by atoms with van der Waals surface area (Å²) < 4.78 is 35.2. The number of amides is 2. The first kappa shape index (κ1) is 20.2. The number of carbonyl (C=O) groups excluding carboxylic acids is 2. The minimum absolute atomic E-state index is 0.172. The van der Waals surface area contributed by atoms with Gasteiger partial charge < -0.3 is 14.5 Å². The average molecular weight is 454 g/mol. The molecule has 2 atom stereocenters. The first-order chi connectivity index (χ1) is 15.9. The summed E-state index contributed by atoms with van der Waals surface area (Å²) in [4.78, 5) is 38.0. The van der Waals surface area contributed by atoms with Gasteiger partial charge in [-0.05, 0) is 36.6 Å². The molecule has 9 nitrogen and oxygen atoms in total. The number of piperidine rings is 1. The molecular formula is C22H20F2N6O3. The lowest BCUT2D eigenvalue weighted by Crippen LogP contribution is -2.51. The van der Waals surface area contributed by atoms with Crippen LogP contribution < -0.4 is 0 Å². The molecule has 3 fully saturated rings. The summed E-state index contributed by atoms with van der Waals surface area (Å²) in [6, 6.07) is 4.53. The molecule has 2 aromatic heterocycles. The highest BCUT2D eigenvalue weighted by Gasteiger charge is 2.58. The van der Waals surface area contributed by atoms with Crippen LogP contribution in [0.5, 0.6) is 0 Å². The minimum Gasteiger partial charge on any atom is -0.342 e. The van der Waals surface area contributed by atoms with Crippen LogP contribution in [0.15, 0.2) is 36.8 Å². The van der Waals surface area contributed by atoms with Gasteiger partial charge in [-0.3, -0.25) is 9.59 Å². The van der Waals surface area contributed by atoms with Crippen molar-refractivity contribution >= 4 is 17.6 Å². The second-order valence-electron chi connectivity index (χ2n) is 8.67. The molecule has 5 heterocycles. The van der Waals surface area contributed by atoms with Gasteiger partial charge in [0.1, 0.15) is 29.9 Å². The highest BCUT2D eigenvalue weighted by Crippen LogP contribution is 2.47. The first-order valence-electron chi connectivity index (χ1n) is 10.9. The highest BCUT2D eigenvalue weighted by molar-refractivity contribution is 5.93. The zero-order valence-electron chi connectivity index (χ0n) is 17.5. The lowest BCUT2D eigenvalue weighted by molar-refractivity contribution is -0.142. The van der Waals surface area contributed by atoms with Gasteiger partial charge in [0.05, 0.1) is 6.04 Å². The van der Waals surface area contributed by atoms with Gasteiger partial charge in [-0.15, -0.1) is 0 Å². The molecule has 2 amide bonds. The molecule has 170 valence electrons. The van der Waals surface area contributed by atoms with Gasteiger partial charge in [0.2, 0.25) is 0 Å². The van der Waals surface area contributed by atoms with Crippen LogP contribution in [0.25, 0.3) is 5.78 Å². The van der Waals surface area contributed by atoms with E-state index in [2.05, 4.69) is 15.1 Å². The van der Waals surface area contributed by atoms with Crippen LogP contribution in [-0.2, 0) is 9.53 Å². The molecule has 3 aliphatic rings. The van der Waals surface area contributed by atoms with Gasteiger partial charge in [-0.1, -0.05) is 0 Å². The number of ether oxygens (including phenoxy) is 1. The van der Waals surface area contributed by atoms with Crippen molar-refractivity contribution in [3.8, 4) is 0 Å². The average Bonchev–Trinajstić information content (AvgIpc) is 3.50. The van der Waals surface area contributed by atoms with Crippen molar-refractivity contribution in [2.45, 2.75) is 43.6 Å². The predicted octanol–water partition coefficient (Wildman–Crippen LogP) is 2.10. The van der Waals surface area contributed by atoms with Crippen molar-refractivity contribution < 1.29 is 23.1 Å². The van der Waals surface area contributed by atoms with Crippen molar-refractivity contribution in [1.29, 1.82) is 0 Å². The Morgan fingerprint density at radius 3 is 2.61 bits per heavy atom. The Kier molecular flexibility index (Phi) is 4.44. The second kappa shape index (κ2) is 7.27. The van der Waals surface area contributed by atoms with Crippen LogP contribution in [0.3, 0.4) is 0 Å². The summed E-state index contributed by atoms with van der Waals surface area (Å²) in [6.45, 7) is 0.672. The fourth-order valence-electron chi connectivity index (χ4n) is 5.27. The van der Waals surface area contributed by atoms with E-state index in [0.717, 1.165) is 6.07 Å². The number of likely N-dealkylation sites (tertiary alicyclic amines) is 1. The molecule has 1 aromatic carbocycles. The molecular weight excluding hydrogens is 434 g/mol. The summed E-state index contributed by atoms with van der Waals surface area (Å²) in [7, 11) is 0. The number of benzene rings is 1. The maximum absolute atomic E-state index is 13.8. The normalized spacial score (nSPS) is 24.1. The number of carbonyl (C=O) groups is 2. The molecule has 0 bridgehead atoms. The zero-order chi connectivity index (χ0) is 22.7. The summed E-state index contributed by atoms with van der Waals surface area (Å²) >= 11 is 0. The van der Waals surface area contributed by atoms with E-state index < -0.39 is 29.5 Å². The standard InChI is InChI=1S/C22H20F2N6O3/c23-14-9-13(10-15(24)11-14)16-1-2-18-29(16)20(32)22(33-18)4-7-28(8-5-22)19(31)17-3-6-25-21-26-12-27-30(17)21/h3,6,9-12,16,18H,1-2,4-5,7-8H2/t16-,18?/m0/s1. The summed E-state index contributed by atoms with van der Waals surface area (Å²) in [5, 5.41) is 4.06. The molecule has 0 N–H and O–H groups in total. The maximum atomic E-state index is 13.8. The quantitative estimate of drug-likeness (QED) is 0.589. The predicted molar refractivity (Wildman–Crippen MR) is 109 cm³/mol. The molecule has 1 spiro atoms. The van der Waals surface area contributed by atoms with Crippen molar-refractivity contribution in [2.24, 2.45) is 0 Å². The number of aromatic nitrogens is 4. The van der Waals surface area contributed by atoms with Crippen molar-refractivity contribution in [3.63, 3.8) is 0 Å². The Bertz CT molecular complexity index is 1250. The highest BCUT2D eigenvalue weighted by atomic mass is 19.1. The van der Waals surface area contributed by atoms with Gasteiger partial charge in [0.15, 0.2) is 5.60 Å². The Hall–Kier alpha value is -3.47. The number of nitrogens with zero attached hydrogens (tertiary/aromatic N) is 6. The molecule has 0 aliphatic carbocycles. The molecule has 3 saturated heterocycles. The van der Waals surface area contributed by atoms with Crippen LogP contribution in [0.2, 0.25) is 0 Å². The third kappa shape index (κ3) is 3.10. The molecule has 3 aromatic rings. The topological polar surface area (TPSA) is 92.9 Å². The zero-order valence-corrected chi connectivity index (χ0v) is 17.5. The minimum atomic E-state index is -1.02. The number of hydrogen-bond acceptors (Lipinski definition) is 6. The van der Waals surface area contributed by atoms with Crippen molar-refractivity contribution in [1.82, 2.24) is 29.4 Å². The van der Waals surface area contributed by atoms with Gasteiger partial charge in [0, 0.05) is 38.2 Å². The summed E-state index contributed by atoms with van der Waals surface area (Å²) in [6.07, 6.45) is 4.29. The number of fused-ring (bicyclic) bond motifs is 2. The number of rotatable bonds is 2. The van der Waals surface area contributed by atoms with Crippen LogP contribution >= 0.6 is 0 Å². The van der Waals surface area contributed by atoms with E-state index in [1.807, 2.05) is 0 Å². The van der Waals surface area contributed by atoms with Crippen LogP contribution in [0.4, 0.5) is 8.78 Å². The van der Waals surface area contributed by atoms with Gasteiger partial charge in [-0.25, -0.2) is 13.8 Å². The monoisotopic (exact) mass is 454 g/mol. The SMILES string of the molecule is O=C(c1ccnc2ncnn12)N1CCC2(CC1)OC1CC[C@@H](c3cc(F)cc(F)c3)N1C2=O. The summed E-state index contributed by atoms with van der Waals surface area (Å²) in [5.41, 5.74) is -0.237. The van der Waals surface area contributed by atoms with Crippen LogP contribution in [-0.4, -0.2) is 66.1 Å². The first-order valence-corrected chi connectivity index (χ1v) is 10.9. The van der Waals surface area contributed by atoms with E-state index in [1.54, 1.807) is 15.9 Å². The lowest BCUT2D eigenvalue weighted by atomic mass is 9.89. The van der Waals surface area contributed by atoms with Gasteiger partial charge >= 0.3 is 0 Å². The third-order valence-corrected chi connectivity index (χ3v) is 6.85. The molecule has 6 rings (SSSR count). The Balaban J connectivity index is 1.20. The second-order valence-corrected chi connectivity index (χ2v) is 8.67. The van der Waals surface area contributed by atoms with Crippen LogP contribution in [0.1, 0.15) is 47.8 Å². The Morgan fingerprint density at radius 2 is 1.85 bits per heavy atom. The lowest BCUT2D eigenvalue weighted by Gasteiger charge is -2.37. The third-order valence-electron chi connectivity index (χ3n) is 6.85. The summed E-state index contributed by atoms with van der Waals surface area (Å²) in [5.74, 6) is -1.39. The van der Waals surface area contributed by atoms with E-state index in [4.69, 9.17) is 4.74 Å². The molecule has 1 unspecified atom stereocenters. The fourth-order valence-corrected chi connectivity index (χ4v) is 5.27. The van der Waals surface area contributed by atoms with E-state index in [1.165, 1.54) is 29.2 Å². The fraction of sp³-hybridized carbons (Fsp3) is 0.409. The maximum Gasteiger partial charge on any atom is 0.272 e. The van der Waals surface area contributed by atoms with E-state index in [0.29, 0.717) is 55.8 Å². The molecule has 33 heavy (non-hydrogen) atoms. The van der Waals surface area contributed by atoms with Gasteiger partial charge in [-0.2, -0.15) is 14.6 Å². The largest absolute Gasteiger partial charge is 0.342 e. The molecule has 0 saturated carbocycles. The Morgan fingerprint density at radius 1 is 1.09 bits per heavy atom. The van der Waals surface area contributed by atoms with Crippen molar-refractivity contribution in [2.75, 3.05) is 13.1 Å². The smallest absolute Gasteiger partial charge is 0.272 e. The van der Waals surface area contributed by atoms with E-state index in [9.17, 15) is 18.4 Å². The van der Waals surface area contributed by atoms with E-state index in [-0.39, 0.29) is 11.8 Å². The Labute approximate surface area is 187 Å². The van der Waals surface area contributed by atoms with Gasteiger partial charge in [0.25, 0.3) is 17.6 Å². The van der Waals surface area contributed by atoms with E-state index >= 15 is 0 Å². The molecule has 0 radical (unpaired) electrons. The number of hydrogen-bond donors (Lipinski definition) is 0.